The van der Waals surface area contributed by atoms with E-state index < -0.39 is 0 Å². The van der Waals surface area contributed by atoms with Gasteiger partial charge in [-0.15, -0.1) is 0 Å². The highest BCUT2D eigenvalue weighted by atomic mass is 35.5. The molecule has 1 amide bonds. The molecule has 9 nitrogen and oxygen atoms in total. The number of nitrogens with zero attached hydrogens (tertiary/aromatic N) is 6. The Balaban J connectivity index is 1.20. The van der Waals surface area contributed by atoms with Gasteiger partial charge in [0.25, 0.3) is 5.91 Å². The third kappa shape index (κ3) is 5.04. The summed E-state index contributed by atoms with van der Waals surface area (Å²) < 4.78 is 5.37. The van der Waals surface area contributed by atoms with Crippen LogP contribution >= 0.6 is 11.6 Å². The summed E-state index contributed by atoms with van der Waals surface area (Å²) in [7, 11) is 1.87. The zero-order valence-electron chi connectivity index (χ0n) is 22.4. The number of para-hydroxylation sites is 2. The molecule has 6 rings (SSSR count). The Morgan fingerprint density at radius 1 is 1.05 bits per heavy atom. The Morgan fingerprint density at radius 2 is 1.82 bits per heavy atom. The van der Waals surface area contributed by atoms with E-state index in [1.54, 1.807) is 40.8 Å². The normalized spacial score (nSPS) is 17.3. The predicted octanol–water partition coefficient (Wildman–Crippen LogP) is 4.93. The number of amides is 1. The molecule has 0 unspecified atom stereocenters. The van der Waals surface area contributed by atoms with Crippen LogP contribution < -0.4 is 11.0 Å². The van der Waals surface area contributed by atoms with Gasteiger partial charge in [-0.25, -0.2) is 4.79 Å². The largest absolute Gasteiger partial charge is 0.349 e. The standard InChI is InChI=1S/C30H30ClN7O2/c1-19-25(14-22(31)16-33-19)29(39)34-23-9-7-20(8-10-23)18-37-27-5-3-4-6-28(27)38(30(37)40)24-13-21(15-32-17-24)26-11-12-36(2)35-26/h3-6,11-17,20,23H,7-10,18H2,1-2H3,(H,34,39). The van der Waals surface area contributed by atoms with Crippen molar-refractivity contribution in [1.82, 2.24) is 34.2 Å². The molecule has 0 atom stereocenters. The molecule has 1 aromatic carbocycles. The Bertz CT molecular complexity index is 1760. The quantitative estimate of drug-likeness (QED) is 0.320. The first-order valence-electron chi connectivity index (χ1n) is 13.5. The molecule has 204 valence electrons. The second kappa shape index (κ2) is 10.7. The van der Waals surface area contributed by atoms with Gasteiger partial charge in [0.15, 0.2) is 0 Å². The maximum atomic E-state index is 13.8. The Kier molecular flexibility index (Phi) is 6.98. The number of aryl methyl sites for hydroxylation is 2. The third-order valence-electron chi connectivity index (χ3n) is 7.75. The molecule has 0 spiro atoms. The summed E-state index contributed by atoms with van der Waals surface area (Å²) in [5.41, 5.74) is 5.20. The van der Waals surface area contributed by atoms with Crippen molar-refractivity contribution in [2.75, 3.05) is 0 Å². The third-order valence-corrected chi connectivity index (χ3v) is 7.95. The molecule has 1 saturated carbocycles. The van der Waals surface area contributed by atoms with Crippen LogP contribution in [0.3, 0.4) is 0 Å². The molecular formula is C30H30ClN7O2. The molecule has 1 N–H and O–H groups in total. The lowest BCUT2D eigenvalue weighted by Gasteiger charge is -2.29. The number of hydrogen-bond acceptors (Lipinski definition) is 5. The van der Waals surface area contributed by atoms with E-state index in [1.807, 2.05) is 54.2 Å². The highest BCUT2D eigenvalue weighted by Gasteiger charge is 2.26. The van der Waals surface area contributed by atoms with Crippen molar-refractivity contribution in [3.63, 3.8) is 0 Å². The molecule has 0 saturated heterocycles. The fourth-order valence-electron chi connectivity index (χ4n) is 5.64. The Hall–Kier alpha value is -4.24. The van der Waals surface area contributed by atoms with Gasteiger partial charge < -0.3 is 5.32 Å². The van der Waals surface area contributed by atoms with Gasteiger partial charge in [0, 0.05) is 43.8 Å². The van der Waals surface area contributed by atoms with E-state index in [1.165, 1.54) is 0 Å². The number of benzene rings is 1. The minimum atomic E-state index is -0.142. The molecule has 40 heavy (non-hydrogen) atoms. The van der Waals surface area contributed by atoms with E-state index in [0.29, 0.717) is 34.4 Å². The first-order valence-corrected chi connectivity index (χ1v) is 13.8. The van der Waals surface area contributed by atoms with Crippen LogP contribution in [0.25, 0.3) is 28.0 Å². The van der Waals surface area contributed by atoms with Gasteiger partial charge in [0.1, 0.15) is 0 Å². The summed E-state index contributed by atoms with van der Waals surface area (Å²) in [6, 6.07) is 13.5. The van der Waals surface area contributed by atoms with E-state index in [4.69, 9.17) is 11.6 Å². The van der Waals surface area contributed by atoms with Gasteiger partial charge in [-0.05, 0) is 68.9 Å². The summed E-state index contributed by atoms with van der Waals surface area (Å²) in [6.07, 6.45) is 10.5. The van der Waals surface area contributed by atoms with Gasteiger partial charge in [0.2, 0.25) is 0 Å². The van der Waals surface area contributed by atoms with Crippen molar-refractivity contribution < 1.29 is 4.79 Å². The molecule has 0 radical (unpaired) electrons. The lowest BCUT2D eigenvalue weighted by atomic mass is 9.85. The van der Waals surface area contributed by atoms with Crippen LogP contribution in [-0.2, 0) is 13.6 Å². The van der Waals surface area contributed by atoms with Crippen LogP contribution in [0.2, 0.25) is 5.02 Å². The topological polar surface area (TPSA) is 99.6 Å². The highest BCUT2D eigenvalue weighted by Crippen LogP contribution is 2.28. The van der Waals surface area contributed by atoms with Gasteiger partial charge in [0.05, 0.1) is 44.9 Å². The van der Waals surface area contributed by atoms with Crippen LogP contribution in [0.15, 0.2) is 72.0 Å². The zero-order chi connectivity index (χ0) is 27.8. The SMILES string of the molecule is Cc1ncc(Cl)cc1C(=O)NC1CCC(Cn2c(=O)n(-c3cncc(-c4ccn(C)n4)c3)c3ccccc32)CC1. The predicted molar refractivity (Wildman–Crippen MR) is 155 cm³/mol. The van der Waals surface area contributed by atoms with Crippen molar-refractivity contribution in [1.29, 1.82) is 0 Å². The Morgan fingerprint density at radius 3 is 2.58 bits per heavy atom. The van der Waals surface area contributed by atoms with Crippen LogP contribution in [0.1, 0.15) is 41.7 Å². The minimum absolute atomic E-state index is 0.0828. The highest BCUT2D eigenvalue weighted by molar-refractivity contribution is 6.30. The number of nitrogens with one attached hydrogen (secondary N) is 1. The average molecular weight is 556 g/mol. The van der Waals surface area contributed by atoms with E-state index in [2.05, 4.69) is 20.4 Å². The number of aromatic nitrogens is 6. The minimum Gasteiger partial charge on any atom is -0.349 e. The molecule has 0 bridgehead atoms. The number of fused-ring (bicyclic) bond motifs is 1. The van der Waals surface area contributed by atoms with E-state index in [-0.39, 0.29) is 17.6 Å². The average Bonchev–Trinajstić information content (AvgIpc) is 3.52. The van der Waals surface area contributed by atoms with Crippen molar-refractivity contribution >= 4 is 28.5 Å². The summed E-state index contributed by atoms with van der Waals surface area (Å²) in [6.45, 7) is 2.43. The van der Waals surface area contributed by atoms with Crippen molar-refractivity contribution in [2.24, 2.45) is 13.0 Å². The smallest absolute Gasteiger partial charge is 0.333 e. The molecule has 1 aliphatic rings. The second-order valence-electron chi connectivity index (χ2n) is 10.5. The fourth-order valence-corrected chi connectivity index (χ4v) is 5.80. The fraction of sp³-hybridized carbons (Fsp3) is 0.300. The number of pyridine rings is 2. The molecule has 4 aromatic heterocycles. The summed E-state index contributed by atoms with van der Waals surface area (Å²) in [5.74, 6) is 0.189. The van der Waals surface area contributed by atoms with Crippen molar-refractivity contribution in [3.8, 4) is 16.9 Å². The van der Waals surface area contributed by atoms with Crippen LogP contribution in [-0.4, -0.2) is 40.8 Å². The lowest BCUT2D eigenvalue weighted by Crippen LogP contribution is -2.39. The molecule has 1 aliphatic carbocycles. The number of rotatable bonds is 6. The lowest BCUT2D eigenvalue weighted by molar-refractivity contribution is 0.0919. The summed E-state index contributed by atoms with van der Waals surface area (Å²) >= 11 is 6.05. The summed E-state index contributed by atoms with van der Waals surface area (Å²) in [5, 5.41) is 8.08. The monoisotopic (exact) mass is 555 g/mol. The maximum absolute atomic E-state index is 13.8. The molecular weight excluding hydrogens is 526 g/mol. The molecule has 4 heterocycles. The molecule has 10 heteroatoms. The first-order chi connectivity index (χ1) is 19.4. The van der Waals surface area contributed by atoms with Gasteiger partial charge in [-0.2, -0.15) is 5.10 Å². The second-order valence-corrected chi connectivity index (χ2v) is 10.9. The van der Waals surface area contributed by atoms with Crippen molar-refractivity contribution in [2.45, 2.75) is 45.2 Å². The Labute approximate surface area is 236 Å². The molecule has 5 aromatic rings. The maximum Gasteiger partial charge on any atom is 0.333 e. The zero-order valence-corrected chi connectivity index (χ0v) is 23.2. The molecule has 0 aliphatic heterocycles. The van der Waals surface area contributed by atoms with Crippen molar-refractivity contribution in [3.05, 3.63) is 94.0 Å². The van der Waals surface area contributed by atoms with Gasteiger partial charge >= 0.3 is 5.69 Å². The molecule has 1 fully saturated rings. The number of carbonyl (C=O) groups is 1. The number of imidazole rings is 1. The van der Waals surface area contributed by atoms with E-state index in [0.717, 1.165) is 48.0 Å². The van der Waals surface area contributed by atoms with Gasteiger partial charge in [-0.1, -0.05) is 23.7 Å². The van der Waals surface area contributed by atoms with Crippen LogP contribution in [0.5, 0.6) is 0 Å². The van der Waals surface area contributed by atoms with E-state index in [9.17, 15) is 9.59 Å². The van der Waals surface area contributed by atoms with E-state index >= 15 is 0 Å². The van der Waals surface area contributed by atoms with Crippen LogP contribution in [0, 0.1) is 12.8 Å². The van der Waals surface area contributed by atoms with Crippen LogP contribution in [0.4, 0.5) is 0 Å². The summed E-state index contributed by atoms with van der Waals surface area (Å²) in [4.78, 5) is 35.3. The number of halogens is 1. The number of carbonyl (C=O) groups excluding carboxylic acids is 1. The first kappa shape index (κ1) is 26.0. The van der Waals surface area contributed by atoms with Gasteiger partial charge in [-0.3, -0.25) is 28.6 Å². The number of hydrogen-bond donors (Lipinski definition) is 1.